The summed E-state index contributed by atoms with van der Waals surface area (Å²) in [5.41, 5.74) is 1.81. The van der Waals surface area contributed by atoms with Crippen LogP contribution in [0.5, 0.6) is 5.75 Å². The molecule has 2 aromatic carbocycles. The molecule has 1 aromatic heterocycles. The molecule has 0 unspecified atom stereocenters. The van der Waals surface area contributed by atoms with E-state index in [-0.39, 0.29) is 11.2 Å². The number of carbonyl (C=O) groups excluding carboxylic acids is 1. The SMILES string of the molecule is COc1ccc(CNC(=O)[C@H](C)Sc2nnc(-c3ccccc3Cl)n2C)cc1. The summed E-state index contributed by atoms with van der Waals surface area (Å²) < 4.78 is 6.98. The number of carbonyl (C=O) groups is 1. The molecule has 8 heteroatoms. The molecule has 28 heavy (non-hydrogen) atoms. The van der Waals surface area contributed by atoms with E-state index in [1.165, 1.54) is 11.8 Å². The average Bonchev–Trinajstić information content (AvgIpc) is 3.07. The van der Waals surface area contributed by atoms with Gasteiger partial charge in [-0.05, 0) is 36.8 Å². The Bertz CT molecular complexity index is 959. The molecular formula is C20H21ClN4O2S. The van der Waals surface area contributed by atoms with E-state index >= 15 is 0 Å². The number of hydrogen-bond acceptors (Lipinski definition) is 5. The minimum absolute atomic E-state index is 0.0666. The molecule has 0 spiro atoms. The molecule has 6 nitrogen and oxygen atoms in total. The lowest BCUT2D eigenvalue weighted by Crippen LogP contribution is -2.30. The zero-order valence-corrected chi connectivity index (χ0v) is 17.4. The molecule has 0 fully saturated rings. The van der Waals surface area contributed by atoms with Crippen LogP contribution in [0.1, 0.15) is 12.5 Å². The highest BCUT2D eigenvalue weighted by Crippen LogP contribution is 2.29. The third-order valence-electron chi connectivity index (χ3n) is 4.23. The van der Waals surface area contributed by atoms with Crippen molar-refractivity contribution in [3.05, 3.63) is 59.1 Å². The highest BCUT2D eigenvalue weighted by Gasteiger charge is 2.20. The minimum atomic E-state index is -0.319. The Balaban J connectivity index is 1.62. The summed E-state index contributed by atoms with van der Waals surface area (Å²) in [5, 5.41) is 12.3. The van der Waals surface area contributed by atoms with Gasteiger partial charge in [0.1, 0.15) is 5.75 Å². The number of benzene rings is 2. The average molecular weight is 417 g/mol. The van der Waals surface area contributed by atoms with Gasteiger partial charge in [0.05, 0.1) is 17.4 Å². The van der Waals surface area contributed by atoms with Crippen LogP contribution < -0.4 is 10.1 Å². The largest absolute Gasteiger partial charge is 0.497 e. The molecule has 0 saturated carbocycles. The second-order valence-electron chi connectivity index (χ2n) is 6.17. The number of nitrogens with zero attached hydrogens (tertiary/aromatic N) is 3. The van der Waals surface area contributed by atoms with Gasteiger partial charge in [-0.15, -0.1) is 10.2 Å². The Morgan fingerprint density at radius 2 is 1.93 bits per heavy atom. The van der Waals surface area contributed by atoms with Crippen molar-refractivity contribution >= 4 is 29.3 Å². The monoisotopic (exact) mass is 416 g/mol. The molecule has 0 aliphatic carbocycles. The lowest BCUT2D eigenvalue weighted by molar-refractivity contribution is -0.120. The predicted octanol–water partition coefficient (Wildman–Crippen LogP) is 3.94. The van der Waals surface area contributed by atoms with Crippen molar-refractivity contribution in [2.75, 3.05) is 7.11 Å². The van der Waals surface area contributed by atoms with Crippen LogP contribution in [0.3, 0.4) is 0 Å². The molecule has 0 bridgehead atoms. The first kappa shape index (κ1) is 20.2. The van der Waals surface area contributed by atoms with Gasteiger partial charge >= 0.3 is 0 Å². The molecule has 1 N–H and O–H groups in total. The Hall–Kier alpha value is -2.51. The topological polar surface area (TPSA) is 69.0 Å². The molecule has 3 rings (SSSR count). The highest BCUT2D eigenvalue weighted by molar-refractivity contribution is 8.00. The van der Waals surface area contributed by atoms with E-state index in [4.69, 9.17) is 16.3 Å². The fourth-order valence-corrected chi connectivity index (χ4v) is 3.64. The van der Waals surface area contributed by atoms with Crippen molar-refractivity contribution in [2.24, 2.45) is 7.05 Å². The summed E-state index contributed by atoms with van der Waals surface area (Å²) in [7, 11) is 3.49. The van der Waals surface area contributed by atoms with Crippen molar-refractivity contribution in [3.63, 3.8) is 0 Å². The van der Waals surface area contributed by atoms with E-state index in [0.717, 1.165) is 16.9 Å². The van der Waals surface area contributed by atoms with Crippen LogP contribution in [0, 0.1) is 0 Å². The number of aromatic nitrogens is 3. The second kappa shape index (κ2) is 9.12. The van der Waals surface area contributed by atoms with E-state index in [1.54, 1.807) is 7.11 Å². The maximum Gasteiger partial charge on any atom is 0.233 e. The number of methoxy groups -OCH3 is 1. The molecule has 1 amide bonds. The fourth-order valence-electron chi connectivity index (χ4n) is 2.58. The van der Waals surface area contributed by atoms with Gasteiger partial charge in [0.2, 0.25) is 5.91 Å². The number of thioether (sulfide) groups is 1. The number of halogens is 1. The van der Waals surface area contributed by atoms with Gasteiger partial charge in [-0.25, -0.2) is 0 Å². The summed E-state index contributed by atoms with van der Waals surface area (Å²) in [5.74, 6) is 1.39. The first-order chi connectivity index (χ1) is 13.5. The number of rotatable bonds is 7. The smallest absolute Gasteiger partial charge is 0.233 e. The van der Waals surface area contributed by atoms with Gasteiger partial charge in [-0.3, -0.25) is 4.79 Å². The third-order valence-corrected chi connectivity index (χ3v) is 5.69. The van der Waals surface area contributed by atoms with Gasteiger partial charge in [0, 0.05) is 19.2 Å². The zero-order valence-electron chi connectivity index (χ0n) is 15.8. The predicted molar refractivity (Wildman–Crippen MR) is 112 cm³/mol. The van der Waals surface area contributed by atoms with Crippen LogP contribution in [0.25, 0.3) is 11.4 Å². The number of ether oxygens (including phenoxy) is 1. The number of hydrogen-bond donors (Lipinski definition) is 1. The van der Waals surface area contributed by atoms with E-state index in [2.05, 4.69) is 15.5 Å². The van der Waals surface area contributed by atoms with Crippen LogP contribution >= 0.6 is 23.4 Å². The lowest BCUT2D eigenvalue weighted by Gasteiger charge is -2.12. The molecule has 1 atom stereocenters. The Morgan fingerprint density at radius 3 is 2.61 bits per heavy atom. The van der Waals surface area contributed by atoms with Crippen LogP contribution in [-0.4, -0.2) is 33.0 Å². The molecule has 0 radical (unpaired) electrons. The van der Waals surface area contributed by atoms with Crippen LogP contribution in [0.4, 0.5) is 0 Å². The summed E-state index contributed by atoms with van der Waals surface area (Å²) in [4.78, 5) is 12.5. The van der Waals surface area contributed by atoms with Crippen LogP contribution in [0.15, 0.2) is 53.7 Å². The minimum Gasteiger partial charge on any atom is -0.497 e. The van der Waals surface area contributed by atoms with Crippen molar-refractivity contribution in [1.82, 2.24) is 20.1 Å². The first-order valence-electron chi connectivity index (χ1n) is 8.71. The van der Waals surface area contributed by atoms with E-state index in [1.807, 2.05) is 67.1 Å². The lowest BCUT2D eigenvalue weighted by atomic mass is 10.2. The molecule has 146 valence electrons. The third kappa shape index (κ3) is 4.66. The van der Waals surface area contributed by atoms with Gasteiger partial charge in [-0.2, -0.15) is 0 Å². The van der Waals surface area contributed by atoms with Gasteiger partial charge in [0.15, 0.2) is 11.0 Å². The Labute approximate surface area is 173 Å². The summed E-state index contributed by atoms with van der Waals surface area (Å²) in [6, 6.07) is 15.1. The molecule has 0 aliphatic rings. The maximum atomic E-state index is 12.5. The molecular weight excluding hydrogens is 396 g/mol. The van der Waals surface area contributed by atoms with E-state index < -0.39 is 0 Å². The maximum absolute atomic E-state index is 12.5. The highest BCUT2D eigenvalue weighted by atomic mass is 35.5. The van der Waals surface area contributed by atoms with Crippen molar-refractivity contribution in [1.29, 1.82) is 0 Å². The van der Waals surface area contributed by atoms with Crippen LogP contribution in [-0.2, 0) is 18.4 Å². The Morgan fingerprint density at radius 1 is 1.21 bits per heavy atom. The summed E-state index contributed by atoms with van der Waals surface area (Å²) in [6.07, 6.45) is 0. The summed E-state index contributed by atoms with van der Waals surface area (Å²) in [6.45, 7) is 2.30. The van der Waals surface area contributed by atoms with Gasteiger partial charge < -0.3 is 14.6 Å². The number of nitrogens with one attached hydrogen (secondary N) is 1. The van der Waals surface area contributed by atoms with E-state index in [9.17, 15) is 4.79 Å². The van der Waals surface area contributed by atoms with Crippen molar-refractivity contribution < 1.29 is 9.53 Å². The fraction of sp³-hybridized carbons (Fsp3) is 0.250. The second-order valence-corrected chi connectivity index (χ2v) is 7.89. The van der Waals surface area contributed by atoms with Crippen molar-refractivity contribution in [3.8, 4) is 17.1 Å². The molecule has 0 saturated heterocycles. The van der Waals surface area contributed by atoms with Gasteiger partial charge in [0.25, 0.3) is 0 Å². The van der Waals surface area contributed by atoms with Gasteiger partial charge in [-0.1, -0.05) is 47.6 Å². The normalized spacial score (nSPS) is 11.9. The Kier molecular flexibility index (Phi) is 6.59. The number of amides is 1. The first-order valence-corrected chi connectivity index (χ1v) is 9.97. The zero-order chi connectivity index (χ0) is 20.1. The standard InChI is InChI=1S/C20H21ClN4O2S/c1-13(19(26)22-12-14-8-10-15(27-3)11-9-14)28-20-24-23-18(25(20)2)16-6-4-5-7-17(16)21/h4-11,13H,12H2,1-3H3,(H,22,26)/t13-/m0/s1. The summed E-state index contributed by atoms with van der Waals surface area (Å²) >= 11 is 7.61. The molecule has 3 aromatic rings. The molecule has 0 aliphatic heterocycles. The van der Waals surface area contributed by atoms with E-state index in [0.29, 0.717) is 22.5 Å². The quantitative estimate of drug-likeness (QED) is 0.591. The van der Waals surface area contributed by atoms with Crippen LogP contribution in [0.2, 0.25) is 5.02 Å². The molecule has 1 heterocycles. The van der Waals surface area contributed by atoms with Crippen molar-refractivity contribution in [2.45, 2.75) is 23.9 Å².